The van der Waals surface area contributed by atoms with Crippen molar-refractivity contribution in [2.75, 3.05) is 51.1 Å². The Morgan fingerprint density at radius 2 is 2.00 bits per heavy atom. The molecule has 0 amide bonds. The van der Waals surface area contributed by atoms with Crippen LogP contribution >= 0.6 is 0 Å². The number of fused-ring (bicyclic) bond motifs is 1. The van der Waals surface area contributed by atoms with E-state index in [4.69, 9.17) is 14.7 Å². The lowest BCUT2D eigenvalue weighted by Crippen LogP contribution is -2.31. The number of anilines is 2. The van der Waals surface area contributed by atoms with E-state index in [9.17, 15) is 0 Å². The molecule has 0 bridgehead atoms. The van der Waals surface area contributed by atoms with E-state index in [1.165, 1.54) is 19.3 Å². The second kappa shape index (κ2) is 11.0. The fourth-order valence-corrected chi connectivity index (χ4v) is 3.91. The number of hydrogen-bond donors (Lipinski definition) is 1. The molecule has 1 N–H and O–H groups in total. The Balaban J connectivity index is 1.72. The molecule has 0 unspecified atom stereocenters. The summed E-state index contributed by atoms with van der Waals surface area (Å²) in [5.74, 6) is 8.85. The molecule has 172 valence electrons. The first kappa shape index (κ1) is 22.8. The number of benzene rings is 1. The number of ether oxygens (including phenoxy) is 1. The zero-order valence-electron chi connectivity index (χ0n) is 19.8. The van der Waals surface area contributed by atoms with Gasteiger partial charge in [0.2, 0.25) is 5.95 Å². The number of piperidine rings is 1. The van der Waals surface area contributed by atoms with Crippen LogP contribution in [0.2, 0.25) is 0 Å². The van der Waals surface area contributed by atoms with Crippen LogP contribution in [0.4, 0.5) is 11.8 Å². The minimum atomic E-state index is 0.633. The fourth-order valence-electron chi connectivity index (χ4n) is 3.91. The quantitative estimate of drug-likeness (QED) is 0.554. The molecule has 4 rings (SSSR count). The molecule has 1 fully saturated rings. The van der Waals surface area contributed by atoms with E-state index in [0.29, 0.717) is 6.54 Å². The zero-order chi connectivity index (χ0) is 23.0. The van der Waals surface area contributed by atoms with Crippen molar-refractivity contribution in [2.24, 2.45) is 0 Å². The Morgan fingerprint density at radius 1 is 1.15 bits per heavy atom. The Morgan fingerprint density at radius 3 is 2.73 bits per heavy atom. The summed E-state index contributed by atoms with van der Waals surface area (Å²) in [6, 6.07) is 8.02. The van der Waals surface area contributed by atoms with Gasteiger partial charge in [-0.1, -0.05) is 17.9 Å². The summed E-state index contributed by atoms with van der Waals surface area (Å²) in [6.45, 7) is 3.53. The van der Waals surface area contributed by atoms with E-state index in [1.54, 1.807) is 13.3 Å². The molecule has 0 aliphatic carbocycles. The molecule has 2 aromatic heterocycles. The van der Waals surface area contributed by atoms with Crippen molar-refractivity contribution in [3.8, 4) is 17.6 Å². The number of methoxy groups -OCH3 is 1. The van der Waals surface area contributed by atoms with E-state index >= 15 is 0 Å². The van der Waals surface area contributed by atoms with Crippen LogP contribution < -0.4 is 15.0 Å². The van der Waals surface area contributed by atoms with Gasteiger partial charge in [-0.15, -0.1) is 0 Å². The van der Waals surface area contributed by atoms with Crippen LogP contribution in [0.3, 0.4) is 0 Å². The van der Waals surface area contributed by atoms with E-state index in [2.05, 4.69) is 52.1 Å². The molecule has 3 heterocycles. The van der Waals surface area contributed by atoms with Crippen molar-refractivity contribution in [1.29, 1.82) is 0 Å². The van der Waals surface area contributed by atoms with Crippen LogP contribution in [-0.4, -0.2) is 60.7 Å². The van der Waals surface area contributed by atoms with Gasteiger partial charge in [-0.3, -0.25) is 4.98 Å². The number of hydrogen-bond acceptors (Lipinski definition) is 7. The summed E-state index contributed by atoms with van der Waals surface area (Å²) in [5, 5.41) is 4.43. The van der Waals surface area contributed by atoms with Crippen LogP contribution in [0, 0.1) is 11.8 Å². The van der Waals surface area contributed by atoms with E-state index in [1.807, 2.05) is 24.4 Å². The molecule has 1 saturated heterocycles. The average molecular weight is 445 g/mol. The van der Waals surface area contributed by atoms with Gasteiger partial charge in [0.05, 0.1) is 18.2 Å². The van der Waals surface area contributed by atoms with E-state index in [0.717, 1.165) is 65.6 Å². The third-order valence-corrected chi connectivity index (χ3v) is 5.73. The highest BCUT2D eigenvalue weighted by atomic mass is 16.5. The maximum absolute atomic E-state index is 5.68. The Labute approximate surface area is 196 Å². The van der Waals surface area contributed by atoms with Crippen LogP contribution in [0.15, 0.2) is 36.7 Å². The highest BCUT2D eigenvalue weighted by molar-refractivity contribution is 5.92. The van der Waals surface area contributed by atoms with Gasteiger partial charge < -0.3 is 19.9 Å². The number of rotatable bonds is 7. The van der Waals surface area contributed by atoms with E-state index in [-0.39, 0.29) is 0 Å². The Bertz CT molecular complexity index is 1130. The monoisotopic (exact) mass is 444 g/mol. The third kappa shape index (κ3) is 5.91. The van der Waals surface area contributed by atoms with Crippen LogP contribution in [0.1, 0.15) is 36.8 Å². The molecule has 0 spiro atoms. The first-order valence-corrected chi connectivity index (χ1v) is 11.5. The highest BCUT2D eigenvalue weighted by Gasteiger charge is 2.18. The third-order valence-electron chi connectivity index (χ3n) is 5.73. The topological polar surface area (TPSA) is 66.4 Å². The van der Waals surface area contributed by atoms with Gasteiger partial charge >= 0.3 is 0 Å². The number of nitrogens with one attached hydrogen (secondary N) is 1. The molecule has 7 heteroatoms. The lowest BCUT2D eigenvalue weighted by molar-refractivity contribution is 0.414. The Hall–Kier alpha value is -3.37. The molecule has 7 nitrogen and oxygen atoms in total. The largest absolute Gasteiger partial charge is 0.495 e. The molecule has 1 aromatic carbocycles. The van der Waals surface area contributed by atoms with E-state index < -0.39 is 0 Å². The summed E-state index contributed by atoms with van der Waals surface area (Å²) >= 11 is 0. The maximum atomic E-state index is 5.68. The summed E-state index contributed by atoms with van der Waals surface area (Å²) in [6.07, 6.45) is 8.05. The lowest BCUT2D eigenvalue weighted by atomic mass is 10.1. The predicted molar refractivity (Wildman–Crippen MR) is 134 cm³/mol. The normalized spacial score (nSPS) is 13.6. The molecule has 1 aliphatic rings. The molecule has 3 aromatic rings. The van der Waals surface area contributed by atoms with Gasteiger partial charge in [-0.05, 0) is 57.1 Å². The molecule has 1 aliphatic heterocycles. The number of nitrogens with zero attached hydrogens (tertiary/aromatic N) is 5. The van der Waals surface area contributed by atoms with Gasteiger partial charge in [0, 0.05) is 50.4 Å². The highest BCUT2D eigenvalue weighted by Crippen LogP contribution is 2.31. The molecular weight excluding hydrogens is 412 g/mol. The smallest absolute Gasteiger partial charge is 0.227 e. The second-order valence-corrected chi connectivity index (χ2v) is 8.56. The first-order chi connectivity index (χ1) is 16.1. The minimum Gasteiger partial charge on any atom is -0.495 e. The number of pyridine rings is 1. The molecule has 0 atom stereocenters. The average Bonchev–Trinajstić information content (AvgIpc) is 2.85. The SMILES string of the molecule is COc1cc2c(NCc3cccnc3)nc(N3CCCCC3)nc2cc1C#CCCN(C)C. The predicted octanol–water partition coefficient (Wildman–Crippen LogP) is 3.94. The van der Waals surface area contributed by atoms with Crippen molar-refractivity contribution in [3.05, 3.63) is 47.8 Å². The minimum absolute atomic E-state index is 0.633. The van der Waals surface area contributed by atoms with Crippen LogP contribution in [0.5, 0.6) is 5.75 Å². The summed E-state index contributed by atoms with van der Waals surface area (Å²) in [4.78, 5) is 18.5. The lowest BCUT2D eigenvalue weighted by Gasteiger charge is -2.27. The number of aromatic nitrogens is 3. The molecular formula is C26H32N6O. The van der Waals surface area contributed by atoms with Crippen LogP contribution in [0.25, 0.3) is 10.9 Å². The molecule has 0 radical (unpaired) electrons. The van der Waals surface area contributed by atoms with Crippen molar-refractivity contribution < 1.29 is 4.74 Å². The first-order valence-electron chi connectivity index (χ1n) is 11.5. The van der Waals surface area contributed by atoms with Crippen molar-refractivity contribution in [2.45, 2.75) is 32.2 Å². The second-order valence-electron chi connectivity index (χ2n) is 8.56. The fraction of sp³-hybridized carbons (Fsp3) is 0.423. The van der Waals surface area contributed by atoms with Crippen molar-refractivity contribution in [1.82, 2.24) is 19.9 Å². The maximum Gasteiger partial charge on any atom is 0.227 e. The van der Waals surface area contributed by atoms with Crippen molar-refractivity contribution in [3.63, 3.8) is 0 Å². The summed E-state index contributed by atoms with van der Waals surface area (Å²) < 4.78 is 5.68. The van der Waals surface area contributed by atoms with Gasteiger partial charge in [0.25, 0.3) is 0 Å². The standard InChI is InChI=1S/C26H32N6O/c1-31(2)13-8-5-11-21-16-23-22(17-24(21)33-3)25(28-19-20-10-9-12-27-18-20)30-26(29-23)32-14-6-4-7-15-32/h9-10,12,16-18H,4,6-8,13-15,19H2,1-3H3,(H,28,29,30). The van der Waals surface area contributed by atoms with Gasteiger partial charge in [0.1, 0.15) is 11.6 Å². The summed E-state index contributed by atoms with van der Waals surface area (Å²) in [7, 11) is 5.78. The summed E-state index contributed by atoms with van der Waals surface area (Å²) in [5.41, 5.74) is 2.82. The van der Waals surface area contributed by atoms with Gasteiger partial charge in [-0.2, -0.15) is 4.98 Å². The van der Waals surface area contributed by atoms with Crippen molar-refractivity contribution >= 4 is 22.7 Å². The molecule has 0 saturated carbocycles. The van der Waals surface area contributed by atoms with Crippen LogP contribution in [-0.2, 0) is 6.54 Å². The Kier molecular flexibility index (Phi) is 7.59. The van der Waals surface area contributed by atoms with Gasteiger partial charge in [0.15, 0.2) is 0 Å². The van der Waals surface area contributed by atoms with Gasteiger partial charge in [-0.25, -0.2) is 4.98 Å². The zero-order valence-corrected chi connectivity index (χ0v) is 19.8. The molecule has 33 heavy (non-hydrogen) atoms.